The van der Waals surface area contributed by atoms with Crippen molar-refractivity contribution in [2.24, 2.45) is 4.99 Å². The molecule has 0 unspecified atom stereocenters. The van der Waals surface area contributed by atoms with Crippen molar-refractivity contribution < 1.29 is 18.3 Å². The monoisotopic (exact) mass is 289 g/mol. The molecule has 0 amide bonds. The fourth-order valence-corrected chi connectivity index (χ4v) is 2.27. The third-order valence-electron chi connectivity index (χ3n) is 3.29. The van der Waals surface area contributed by atoms with Gasteiger partial charge in [-0.25, -0.2) is 13.8 Å². The summed E-state index contributed by atoms with van der Waals surface area (Å²) in [5.41, 5.74) is 1.15. The Kier molecular flexibility index (Phi) is 3.56. The summed E-state index contributed by atoms with van der Waals surface area (Å²) in [4.78, 5) is 4.18. The van der Waals surface area contributed by atoms with Crippen LogP contribution in [0.15, 0.2) is 41.4 Å². The molecule has 0 aromatic heterocycles. The van der Waals surface area contributed by atoms with Gasteiger partial charge in [0.25, 0.3) is 0 Å². The summed E-state index contributed by atoms with van der Waals surface area (Å²) in [6, 6.07) is 9.32. The minimum absolute atomic E-state index is 0.151. The van der Waals surface area contributed by atoms with Crippen LogP contribution in [0.25, 0.3) is 11.1 Å². The van der Waals surface area contributed by atoms with Crippen molar-refractivity contribution in [3.8, 4) is 16.9 Å². The van der Waals surface area contributed by atoms with Crippen molar-refractivity contribution >= 4 is 5.90 Å². The second-order valence-corrected chi connectivity index (χ2v) is 4.55. The average molecular weight is 289 g/mol. The normalized spacial score (nSPS) is 13.8. The SMILES string of the molecule is COc1ccc(-c2c(C3=NCCO3)ccc(F)c2F)cc1. The summed E-state index contributed by atoms with van der Waals surface area (Å²) in [7, 11) is 1.55. The molecule has 0 aliphatic carbocycles. The zero-order valence-electron chi connectivity index (χ0n) is 11.4. The second kappa shape index (κ2) is 5.52. The lowest BCUT2D eigenvalue weighted by atomic mass is 9.98. The minimum atomic E-state index is -0.907. The van der Waals surface area contributed by atoms with Gasteiger partial charge < -0.3 is 9.47 Å². The summed E-state index contributed by atoms with van der Waals surface area (Å²) >= 11 is 0. The van der Waals surface area contributed by atoms with Crippen LogP contribution in [0, 0.1) is 11.6 Å². The van der Waals surface area contributed by atoms with Gasteiger partial charge in [0.05, 0.1) is 13.7 Å². The molecule has 2 aromatic carbocycles. The van der Waals surface area contributed by atoms with Crippen molar-refractivity contribution in [2.75, 3.05) is 20.3 Å². The van der Waals surface area contributed by atoms with Gasteiger partial charge >= 0.3 is 0 Å². The quantitative estimate of drug-likeness (QED) is 0.867. The van der Waals surface area contributed by atoms with Crippen LogP contribution in [-0.2, 0) is 4.74 Å². The van der Waals surface area contributed by atoms with Crippen LogP contribution in [0.5, 0.6) is 5.75 Å². The number of nitrogens with zero attached hydrogens (tertiary/aromatic N) is 1. The highest BCUT2D eigenvalue weighted by Gasteiger charge is 2.21. The molecule has 5 heteroatoms. The smallest absolute Gasteiger partial charge is 0.217 e. The van der Waals surface area contributed by atoms with Crippen molar-refractivity contribution in [3.05, 3.63) is 53.6 Å². The van der Waals surface area contributed by atoms with Crippen molar-refractivity contribution in [2.45, 2.75) is 0 Å². The summed E-state index contributed by atoms with van der Waals surface area (Å²) in [5, 5.41) is 0. The van der Waals surface area contributed by atoms with Gasteiger partial charge in [0, 0.05) is 11.1 Å². The maximum absolute atomic E-state index is 14.3. The third kappa shape index (κ3) is 2.46. The highest BCUT2D eigenvalue weighted by molar-refractivity contribution is 6.01. The van der Waals surface area contributed by atoms with Gasteiger partial charge in [-0.2, -0.15) is 0 Å². The molecular formula is C16H13F2NO2. The molecule has 0 saturated heterocycles. The van der Waals surface area contributed by atoms with E-state index in [2.05, 4.69) is 4.99 Å². The number of hydrogen-bond donors (Lipinski definition) is 0. The van der Waals surface area contributed by atoms with E-state index in [0.717, 1.165) is 6.07 Å². The fourth-order valence-electron chi connectivity index (χ4n) is 2.27. The predicted octanol–water partition coefficient (Wildman–Crippen LogP) is 3.42. The fraction of sp³-hybridized carbons (Fsp3) is 0.188. The Morgan fingerprint density at radius 2 is 1.86 bits per heavy atom. The number of halogens is 2. The molecule has 1 aliphatic rings. The molecule has 0 spiro atoms. The largest absolute Gasteiger partial charge is 0.497 e. The molecule has 0 bridgehead atoms. The molecule has 1 aliphatic heterocycles. The Labute approximate surface area is 120 Å². The Morgan fingerprint density at radius 1 is 1.10 bits per heavy atom. The molecule has 21 heavy (non-hydrogen) atoms. The lowest BCUT2D eigenvalue weighted by Crippen LogP contribution is -2.06. The van der Waals surface area contributed by atoms with E-state index in [-0.39, 0.29) is 5.56 Å². The maximum atomic E-state index is 14.3. The van der Waals surface area contributed by atoms with Crippen molar-refractivity contribution in [1.29, 1.82) is 0 Å². The molecule has 1 heterocycles. The maximum Gasteiger partial charge on any atom is 0.217 e. The Bertz CT molecular complexity index is 696. The summed E-state index contributed by atoms with van der Waals surface area (Å²) in [5.74, 6) is -0.815. The molecular weight excluding hydrogens is 276 g/mol. The molecule has 0 N–H and O–H groups in total. The molecule has 0 fully saturated rings. The number of rotatable bonds is 3. The first-order valence-corrected chi connectivity index (χ1v) is 6.51. The van der Waals surface area contributed by atoms with Crippen LogP contribution in [0.4, 0.5) is 8.78 Å². The topological polar surface area (TPSA) is 30.8 Å². The van der Waals surface area contributed by atoms with E-state index in [1.807, 2.05) is 0 Å². The van der Waals surface area contributed by atoms with Crippen molar-refractivity contribution in [1.82, 2.24) is 0 Å². The first-order chi connectivity index (χ1) is 10.2. The van der Waals surface area contributed by atoms with E-state index in [9.17, 15) is 8.78 Å². The number of benzene rings is 2. The molecule has 0 atom stereocenters. The van der Waals surface area contributed by atoms with Crippen LogP contribution in [0.2, 0.25) is 0 Å². The van der Waals surface area contributed by atoms with Gasteiger partial charge in [-0.1, -0.05) is 12.1 Å². The lowest BCUT2D eigenvalue weighted by molar-refractivity contribution is 0.348. The van der Waals surface area contributed by atoms with Crippen LogP contribution < -0.4 is 4.74 Å². The summed E-state index contributed by atoms with van der Waals surface area (Å²) in [6.07, 6.45) is 0. The van der Waals surface area contributed by atoms with Gasteiger partial charge in [0.15, 0.2) is 11.6 Å². The van der Waals surface area contributed by atoms with Crippen LogP contribution in [0.1, 0.15) is 5.56 Å². The first-order valence-electron chi connectivity index (χ1n) is 6.51. The van der Waals surface area contributed by atoms with E-state index >= 15 is 0 Å². The van der Waals surface area contributed by atoms with E-state index in [1.54, 1.807) is 31.4 Å². The molecule has 0 radical (unpaired) electrons. The summed E-state index contributed by atoms with van der Waals surface area (Å²) < 4.78 is 38.3. The molecule has 0 saturated carbocycles. The number of aliphatic imine (C=N–C) groups is 1. The van der Waals surface area contributed by atoms with Gasteiger partial charge in [-0.3, -0.25) is 0 Å². The van der Waals surface area contributed by atoms with Gasteiger partial charge in [-0.05, 0) is 29.8 Å². The Hall–Kier alpha value is -2.43. The second-order valence-electron chi connectivity index (χ2n) is 4.55. The number of hydrogen-bond acceptors (Lipinski definition) is 3. The molecule has 3 rings (SSSR count). The number of ether oxygens (including phenoxy) is 2. The highest BCUT2D eigenvalue weighted by atomic mass is 19.2. The van der Waals surface area contributed by atoms with E-state index in [0.29, 0.717) is 35.9 Å². The van der Waals surface area contributed by atoms with Gasteiger partial charge in [0.1, 0.15) is 12.4 Å². The van der Waals surface area contributed by atoms with E-state index < -0.39 is 11.6 Å². The van der Waals surface area contributed by atoms with Crippen LogP contribution in [0.3, 0.4) is 0 Å². The third-order valence-corrected chi connectivity index (χ3v) is 3.29. The minimum Gasteiger partial charge on any atom is -0.497 e. The summed E-state index contributed by atoms with van der Waals surface area (Å²) in [6.45, 7) is 0.979. The highest BCUT2D eigenvalue weighted by Crippen LogP contribution is 2.31. The van der Waals surface area contributed by atoms with Gasteiger partial charge in [0.2, 0.25) is 5.90 Å². The van der Waals surface area contributed by atoms with Gasteiger partial charge in [-0.15, -0.1) is 0 Å². The van der Waals surface area contributed by atoms with Crippen molar-refractivity contribution in [3.63, 3.8) is 0 Å². The Morgan fingerprint density at radius 3 is 2.48 bits per heavy atom. The lowest BCUT2D eigenvalue weighted by Gasteiger charge is -2.12. The van der Waals surface area contributed by atoms with E-state index in [4.69, 9.17) is 9.47 Å². The average Bonchev–Trinajstić information content (AvgIpc) is 3.04. The molecule has 108 valence electrons. The zero-order valence-corrected chi connectivity index (χ0v) is 11.4. The van der Waals surface area contributed by atoms with E-state index in [1.165, 1.54) is 6.07 Å². The van der Waals surface area contributed by atoms with Crippen LogP contribution >= 0.6 is 0 Å². The number of methoxy groups -OCH3 is 1. The zero-order chi connectivity index (χ0) is 14.8. The predicted molar refractivity (Wildman–Crippen MR) is 75.7 cm³/mol. The first kappa shape index (κ1) is 13.5. The Balaban J connectivity index is 2.16. The molecule has 3 nitrogen and oxygen atoms in total. The molecule has 2 aromatic rings. The van der Waals surface area contributed by atoms with Crippen LogP contribution in [-0.4, -0.2) is 26.2 Å². The standard InChI is InChI=1S/C16H13F2NO2/c1-20-11-4-2-10(3-5-11)14-12(16-19-8-9-21-16)6-7-13(17)15(14)18/h2-7H,8-9H2,1H3.